The maximum atomic E-state index is 13.4. The first-order valence-corrected chi connectivity index (χ1v) is 7.26. The van der Waals surface area contributed by atoms with Crippen LogP contribution in [0.5, 0.6) is 5.75 Å². The fourth-order valence-corrected chi connectivity index (χ4v) is 2.93. The molecule has 2 aliphatic heterocycles. The summed E-state index contributed by atoms with van der Waals surface area (Å²) in [6.07, 6.45) is 0. The lowest BCUT2D eigenvalue weighted by Gasteiger charge is -2.43. The van der Waals surface area contributed by atoms with Gasteiger partial charge >= 0.3 is 0 Å². The van der Waals surface area contributed by atoms with Crippen molar-refractivity contribution >= 4 is 0 Å². The highest BCUT2D eigenvalue weighted by molar-refractivity contribution is 5.33. The highest BCUT2D eigenvalue weighted by atomic mass is 19.1. The fraction of sp³-hybridized carbons (Fsp3) is 0.600. The van der Waals surface area contributed by atoms with Gasteiger partial charge in [-0.25, -0.2) is 4.39 Å². The van der Waals surface area contributed by atoms with Crippen molar-refractivity contribution in [3.63, 3.8) is 0 Å². The van der Waals surface area contributed by atoms with Crippen molar-refractivity contribution in [3.8, 4) is 5.75 Å². The summed E-state index contributed by atoms with van der Waals surface area (Å²) in [6.45, 7) is 7.29. The van der Waals surface area contributed by atoms with Crippen molar-refractivity contribution in [2.24, 2.45) is 0 Å². The minimum atomic E-state index is -0.194. The summed E-state index contributed by atoms with van der Waals surface area (Å²) in [7, 11) is 1.64. The Morgan fingerprint density at radius 1 is 1.25 bits per heavy atom. The minimum absolute atomic E-state index is 0.194. The molecule has 0 aliphatic carbocycles. The van der Waals surface area contributed by atoms with E-state index in [-0.39, 0.29) is 5.82 Å². The van der Waals surface area contributed by atoms with Crippen molar-refractivity contribution < 1.29 is 9.13 Å². The predicted octanol–water partition coefficient (Wildman–Crippen LogP) is 0.924. The van der Waals surface area contributed by atoms with Crippen LogP contribution in [0, 0.1) is 5.82 Å². The van der Waals surface area contributed by atoms with E-state index in [1.807, 2.05) is 0 Å². The number of halogens is 1. The van der Waals surface area contributed by atoms with E-state index in [0.29, 0.717) is 0 Å². The summed E-state index contributed by atoms with van der Waals surface area (Å²) in [6, 6.07) is 5.46. The lowest BCUT2D eigenvalue weighted by atomic mass is 10.1. The second kappa shape index (κ2) is 6.08. The van der Waals surface area contributed by atoms with Crippen LogP contribution in [-0.2, 0) is 6.54 Å². The third kappa shape index (κ3) is 2.95. The summed E-state index contributed by atoms with van der Waals surface area (Å²) < 4.78 is 18.7. The summed E-state index contributed by atoms with van der Waals surface area (Å²) in [5.74, 6) is 0.581. The van der Waals surface area contributed by atoms with Gasteiger partial charge in [-0.1, -0.05) is 0 Å². The van der Waals surface area contributed by atoms with Gasteiger partial charge in [0.15, 0.2) is 0 Å². The maximum absolute atomic E-state index is 13.4. The highest BCUT2D eigenvalue weighted by Gasteiger charge is 2.27. The normalized spacial score (nSPS) is 21.7. The Morgan fingerprint density at radius 2 is 2.00 bits per heavy atom. The number of hydrogen-bond donors (Lipinski definition) is 1. The van der Waals surface area contributed by atoms with E-state index in [1.54, 1.807) is 19.2 Å². The SMILES string of the molecule is COc1ccc(F)cc1CN1CCN(C2CNC2)CC1. The van der Waals surface area contributed by atoms with Crippen LogP contribution in [0.4, 0.5) is 4.39 Å². The number of methoxy groups -OCH3 is 1. The number of ether oxygens (including phenoxy) is 1. The van der Waals surface area contributed by atoms with Crippen molar-refractivity contribution in [2.75, 3.05) is 46.4 Å². The number of piperazine rings is 1. The highest BCUT2D eigenvalue weighted by Crippen LogP contribution is 2.22. The molecule has 1 N–H and O–H groups in total. The summed E-state index contributed by atoms with van der Waals surface area (Å²) in [5.41, 5.74) is 0.936. The Kier molecular flexibility index (Phi) is 4.19. The van der Waals surface area contributed by atoms with Crippen LogP contribution < -0.4 is 10.1 Å². The Hall–Kier alpha value is -1.17. The number of nitrogens with zero attached hydrogens (tertiary/aromatic N) is 2. The molecule has 5 heteroatoms. The summed E-state index contributed by atoms with van der Waals surface area (Å²) >= 11 is 0. The van der Waals surface area contributed by atoms with Crippen molar-refractivity contribution in [3.05, 3.63) is 29.6 Å². The van der Waals surface area contributed by atoms with E-state index in [2.05, 4.69) is 15.1 Å². The first kappa shape index (κ1) is 13.8. The molecular weight excluding hydrogens is 257 g/mol. The number of nitrogens with one attached hydrogen (secondary N) is 1. The van der Waals surface area contributed by atoms with Gasteiger partial charge in [0.25, 0.3) is 0 Å². The van der Waals surface area contributed by atoms with Crippen molar-refractivity contribution in [1.29, 1.82) is 0 Å². The molecular formula is C15H22FN3O. The molecule has 2 heterocycles. The molecule has 0 saturated carbocycles. The van der Waals surface area contributed by atoms with E-state index in [9.17, 15) is 4.39 Å². The molecule has 0 atom stereocenters. The molecule has 1 aromatic rings. The maximum Gasteiger partial charge on any atom is 0.123 e. The topological polar surface area (TPSA) is 27.7 Å². The van der Waals surface area contributed by atoms with Gasteiger partial charge in [-0.15, -0.1) is 0 Å². The second-order valence-electron chi connectivity index (χ2n) is 5.58. The third-order valence-corrected chi connectivity index (χ3v) is 4.32. The summed E-state index contributed by atoms with van der Waals surface area (Å²) in [4.78, 5) is 4.93. The lowest BCUT2D eigenvalue weighted by Crippen LogP contribution is -2.61. The van der Waals surface area contributed by atoms with Crippen LogP contribution in [0.15, 0.2) is 18.2 Å². The molecule has 2 saturated heterocycles. The standard InChI is InChI=1S/C15H22FN3O/c1-20-15-3-2-13(16)8-12(15)11-18-4-6-19(7-5-18)14-9-17-10-14/h2-3,8,14,17H,4-7,9-11H2,1H3. The zero-order valence-corrected chi connectivity index (χ0v) is 11.9. The van der Waals surface area contributed by atoms with Gasteiger partial charge in [0, 0.05) is 57.4 Å². The van der Waals surface area contributed by atoms with Crippen LogP contribution in [0.25, 0.3) is 0 Å². The molecule has 0 spiro atoms. The molecule has 0 radical (unpaired) electrons. The summed E-state index contributed by atoms with van der Waals surface area (Å²) in [5, 5.41) is 3.32. The molecule has 2 fully saturated rings. The van der Waals surface area contributed by atoms with Gasteiger partial charge in [0.1, 0.15) is 11.6 Å². The Labute approximate surface area is 119 Å². The zero-order chi connectivity index (χ0) is 13.9. The van der Waals surface area contributed by atoms with E-state index in [1.165, 1.54) is 6.07 Å². The molecule has 110 valence electrons. The van der Waals surface area contributed by atoms with Gasteiger partial charge in [-0.05, 0) is 18.2 Å². The van der Waals surface area contributed by atoms with Crippen LogP contribution in [0.2, 0.25) is 0 Å². The zero-order valence-electron chi connectivity index (χ0n) is 11.9. The van der Waals surface area contributed by atoms with Gasteiger partial charge in [0.05, 0.1) is 7.11 Å². The average Bonchev–Trinajstić information content (AvgIpc) is 2.39. The van der Waals surface area contributed by atoms with Gasteiger partial charge < -0.3 is 10.1 Å². The molecule has 0 bridgehead atoms. The first-order valence-electron chi connectivity index (χ1n) is 7.26. The van der Waals surface area contributed by atoms with E-state index in [0.717, 1.165) is 63.2 Å². The quantitative estimate of drug-likeness (QED) is 0.887. The molecule has 4 nitrogen and oxygen atoms in total. The first-order chi connectivity index (χ1) is 9.76. The number of benzene rings is 1. The van der Waals surface area contributed by atoms with Crippen LogP contribution in [-0.4, -0.2) is 62.2 Å². The number of hydrogen-bond acceptors (Lipinski definition) is 4. The van der Waals surface area contributed by atoms with Gasteiger partial charge in [-0.3, -0.25) is 9.80 Å². The molecule has 3 rings (SSSR count). The minimum Gasteiger partial charge on any atom is -0.496 e. The van der Waals surface area contributed by atoms with Crippen LogP contribution >= 0.6 is 0 Å². The van der Waals surface area contributed by atoms with E-state index < -0.39 is 0 Å². The van der Waals surface area contributed by atoms with Crippen molar-refractivity contribution in [1.82, 2.24) is 15.1 Å². The van der Waals surface area contributed by atoms with Crippen LogP contribution in [0.3, 0.4) is 0 Å². The molecule has 20 heavy (non-hydrogen) atoms. The van der Waals surface area contributed by atoms with Gasteiger partial charge in [0.2, 0.25) is 0 Å². The third-order valence-electron chi connectivity index (χ3n) is 4.32. The number of rotatable bonds is 4. The molecule has 2 aliphatic rings. The predicted molar refractivity (Wildman–Crippen MR) is 76.5 cm³/mol. The Morgan fingerprint density at radius 3 is 2.60 bits per heavy atom. The molecule has 0 unspecified atom stereocenters. The average molecular weight is 279 g/mol. The van der Waals surface area contributed by atoms with E-state index in [4.69, 9.17) is 4.74 Å². The molecule has 1 aromatic carbocycles. The Bertz CT molecular complexity index is 456. The molecule has 0 aromatic heterocycles. The lowest BCUT2D eigenvalue weighted by molar-refractivity contribution is 0.0692. The molecule has 0 amide bonds. The van der Waals surface area contributed by atoms with E-state index >= 15 is 0 Å². The second-order valence-corrected chi connectivity index (χ2v) is 5.58. The van der Waals surface area contributed by atoms with Crippen LogP contribution in [0.1, 0.15) is 5.56 Å². The van der Waals surface area contributed by atoms with Crippen molar-refractivity contribution in [2.45, 2.75) is 12.6 Å². The largest absolute Gasteiger partial charge is 0.496 e. The monoisotopic (exact) mass is 279 g/mol. The smallest absolute Gasteiger partial charge is 0.123 e. The fourth-order valence-electron chi connectivity index (χ4n) is 2.93. The van der Waals surface area contributed by atoms with Gasteiger partial charge in [-0.2, -0.15) is 0 Å². The Balaban J connectivity index is 1.57.